The van der Waals surface area contributed by atoms with Gasteiger partial charge in [-0.15, -0.1) is 0 Å². The lowest BCUT2D eigenvalue weighted by Gasteiger charge is -2.09. The van der Waals surface area contributed by atoms with Crippen LogP contribution in [0.4, 0.5) is 5.69 Å². The number of hydrogen-bond acceptors (Lipinski definition) is 2. The predicted octanol–water partition coefficient (Wildman–Crippen LogP) is 3.30. The molecule has 18 heavy (non-hydrogen) atoms. The maximum atomic E-state index is 8.66. The Morgan fingerprint density at radius 3 is 2.78 bits per heavy atom. The van der Waals surface area contributed by atoms with Crippen molar-refractivity contribution in [1.29, 1.82) is 5.26 Å². The van der Waals surface area contributed by atoms with Gasteiger partial charge in [-0.05, 0) is 34.2 Å². The summed E-state index contributed by atoms with van der Waals surface area (Å²) in [5.41, 5.74) is 13.3. The number of fused-ring (bicyclic) bond motifs is 3. The third-order valence-electron chi connectivity index (χ3n) is 3.63. The number of anilines is 1. The van der Waals surface area contributed by atoms with Crippen LogP contribution in [0.5, 0.6) is 0 Å². The normalized spacial score (nSPS) is 11.7. The summed E-state index contributed by atoms with van der Waals surface area (Å²) in [5, 5.41) is 8.66. The molecule has 0 atom stereocenters. The molecule has 0 heterocycles. The summed E-state index contributed by atoms with van der Waals surface area (Å²) in [6.45, 7) is 0. The van der Waals surface area contributed by atoms with Gasteiger partial charge in [-0.25, -0.2) is 0 Å². The largest absolute Gasteiger partial charge is 0.398 e. The molecule has 88 valence electrons. The molecule has 0 aliphatic heterocycles. The Kier molecular flexibility index (Phi) is 2.53. The van der Waals surface area contributed by atoms with Crippen LogP contribution in [0.15, 0.2) is 36.4 Å². The van der Waals surface area contributed by atoms with E-state index in [4.69, 9.17) is 11.0 Å². The van der Waals surface area contributed by atoms with E-state index >= 15 is 0 Å². The molecule has 0 saturated carbocycles. The first kappa shape index (κ1) is 10.9. The van der Waals surface area contributed by atoms with Gasteiger partial charge in [0.1, 0.15) is 0 Å². The number of nitrogens with two attached hydrogens (primary N) is 1. The van der Waals surface area contributed by atoms with E-state index < -0.39 is 0 Å². The number of rotatable bonds is 2. The van der Waals surface area contributed by atoms with Crippen molar-refractivity contribution in [3.05, 3.63) is 53.1 Å². The van der Waals surface area contributed by atoms with E-state index in [2.05, 4.69) is 42.5 Å². The number of aryl methyl sites for hydroxylation is 1. The molecular weight excluding hydrogens is 220 g/mol. The molecule has 0 amide bonds. The SMILES string of the molecule is N#CCCc1ccc2c(c1N)Cc1ccccc1-2. The van der Waals surface area contributed by atoms with Crippen LogP contribution < -0.4 is 5.73 Å². The van der Waals surface area contributed by atoms with Crippen LogP contribution in [0.3, 0.4) is 0 Å². The minimum absolute atomic E-state index is 0.524. The quantitative estimate of drug-likeness (QED) is 0.692. The molecular formula is C16H14N2. The number of hydrogen-bond donors (Lipinski definition) is 1. The molecule has 0 aromatic heterocycles. The Morgan fingerprint density at radius 1 is 1.11 bits per heavy atom. The Hall–Kier alpha value is -2.27. The van der Waals surface area contributed by atoms with Crippen LogP contribution in [0.1, 0.15) is 23.1 Å². The zero-order valence-corrected chi connectivity index (χ0v) is 10.1. The highest BCUT2D eigenvalue weighted by Crippen LogP contribution is 2.40. The van der Waals surface area contributed by atoms with Gasteiger partial charge in [-0.2, -0.15) is 5.26 Å². The van der Waals surface area contributed by atoms with Gasteiger partial charge in [0.05, 0.1) is 6.07 Å². The van der Waals surface area contributed by atoms with Crippen molar-refractivity contribution in [2.45, 2.75) is 19.3 Å². The van der Waals surface area contributed by atoms with Gasteiger partial charge in [-0.1, -0.05) is 36.4 Å². The van der Waals surface area contributed by atoms with Crippen LogP contribution in [-0.4, -0.2) is 0 Å². The fourth-order valence-electron chi connectivity index (χ4n) is 2.69. The summed E-state index contributed by atoms with van der Waals surface area (Å²) in [4.78, 5) is 0. The summed E-state index contributed by atoms with van der Waals surface area (Å²) < 4.78 is 0. The van der Waals surface area contributed by atoms with Crippen LogP contribution in [0, 0.1) is 11.3 Å². The van der Waals surface area contributed by atoms with Crippen molar-refractivity contribution in [2.24, 2.45) is 0 Å². The first-order chi connectivity index (χ1) is 8.81. The second kappa shape index (κ2) is 4.19. The maximum absolute atomic E-state index is 8.66. The first-order valence-corrected chi connectivity index (χ1v) is 6.16. The molecule has 0 unspecified atom stereocenters. The molecule has 0 bridgehead atoms. The monoisotopic (exact) mass is 234 g/mol. The highest BCUT2D eigenvalue weighted by Gasteiger charge is 2.21. The molecule has 2 nitrogen and oxygen atoms in total. The predicted molar refractivity (Wildman–Crippen MR) is 73.0 cm³/mol. The summed E-state index contributed by atoms with van der Waals surface area (Å²) in [7, 11) is 0. The third-order valence-corrected chi connectivity index (χ3v) is 3.63. The summed E-state index contributed by atoms with van der Waals surface area (Å²) in [6.07, 6.45) is 2.18. The second-order valence-electron chi connectivity index (χ2n) is 4.66. The number of nitriles is 1. The molecule has 2 heteroatoms. The van der Waals surface area contributed by atoms with E-state index in [9.17, 15) is 0 Å². The van der Waals surface area contributed by atoms with Crippen molar-refractivity contribution in [3.8, 4) is 17.2 Å². The topological polar surface area (TPSA) is 49.8 Å². The van der Waals surface area contributed by atoms with E-state index in [0.717, 1.165) is 24.1 Å². The minimum Gasteiger partial charge on any atom is -0.398 e. The van der Waals surface area contributed by atoms with Gasteiger partial charge in [0, 0.05) is 18.5 Å². The molecule has 0 radical (unpaired) electrons. The van der Waals surface area contributed by atoms with Gasteiger partial charge in [0.15, 0.2) is 0 Å². The molecule has 2 aromatic rings. The third kappa shape index (κ3) is 1.56. The van der Waals surface area contributed by atoms with Gasteiger partial charge in [0.2, 0.25) is 0 Å². The first-order valence-electron chi connectivity index (χ1n) is 6.16. The highest BCUT2D eigenvalue weighted by molar-refractivity contribution is 5.82. The lowest BCUT2D eigenvalue weighted by atomic mass is 9.99. The highest BCUT2D eigenvalue weighted by atomic mass is 14.6. The molecule has 0 spiro atoms. The lowest BCUT2D eigenvalue weighted by molar-refractivity contribution is 1.01. The summed E-state index contributed by atoms with van der Waals surface area (Å²) in [5.74, 6) is 0. The summed E-state index contributed by atoms with van der Waals surface area (Å²) in [6, 6.07) is 14.8. The maximum Gasteiger partial charge on any atom is 0.0625 e. The van der Waals surface area contributed by atoms with Gasteiger partial charge in [0.25, 0.3) is 0 Å². The van der Waals surface area contributed by atoms with Crippen molar-refractivity contribution in [1.82, 2.24) is 0 Å². The van der Waals surface area contributed by atoms with E-state index in [1.165, 1.54) is 22.3 Å². The molecule has 2 aromatic carbocycles. The molecule has 3 rings (SSSR count). The Bertz CT molecular complexity index is 651. The average Bonchev–Trinajstić information content (AvgIpc) is 2.78. The zero-order chi connectivity index (χ0) is 12.5. The van der Waals surface area contributed by atoms with E-state index in [1.54, 1.807) is 0 Å². The average molecular weight is 234 g/mol. The van der Waals surface area contributed by atoms with Crippen molar-refractivity contribution in [2.75, 3.05) is 5.73 Å². The molecule has 1 aliphatic rings. The van der Waals surface area contributed by atoms with Gasteiger partial charge < -0.3 is 5.73 Å². The minimum atomic E-state index is 0.524. The standard InChI is InChI=1S/C16H14N2/c17-9-3-5-11-7-8-14-13-6-2-1-4-12(13)10-15(14)16(11)18/h1-2,4,6-8H,3,5,10,18H2. The Morgan fingerprint density at radius 2 is 1.94 bits per heavy atom. The van der Waals surface area contributed by atoms with Crippen molar-refractivity contribution < 1.29 is 0 Å². The van der Waals surface area contributed by atoms with E-state index in [-0.39, 0.29) is 0 Å². The smallest absolute Gasteiger partial charge is 0.0625 e. The van der Waals surface area contributed by atoms with Crippen LogP contribution in [-0.2, 0) is 12.8 Å². The number of benzene rings is 2. The van der Waals surface area contributed by atoms with Crippen molar-refractivity contribution in [3.63, 3.8) is 0 Å². The molecule has 0 saturated heterocycles. The Balaban J connectivity index is 2.07. The van der Waals surface area contributed by atoms with Gasteiger partial charge >= 0.3 is 0 Å². The lowest BCUT2D eigenvalue weighted by Crippen LogP contribution is -1.99. The second-order valence-corrected chi connectivity index (χ2v) is 4.66. The fourth-order valence-corrected chi connectivity index (χ4v) is 2.69. The summed E-state index contributed by atoms with van der Waals surface area (Å²) >= 11 is 0. The van der Waals surface area contributed by atoms with Crippen LogP contribution >= 0.6 is 0 Å². The van der Waals surface area contributed by atoms with Gasteiger partial charge in [-0.3, -0.25) is 0 Å². The number of nitrogens with zero attached hydrogens (tertiary/aromatic N) is 1. The molecule has 2 N–H and O–H groups in total. The van der Waals surface area contributed by atoms with Crippen LogP contribution in [0.25, 0.3) is 11.1 Å². The van der Waals surface area contributed by atoms with Crippen molar-refractivity contribution >= 4 is 5.69 Å². The van der Waals surface area contributed by atoms with Crippen LogP contribution in [0.2, 0.25) is 0 Å². The Labute approximate surface area is 107 Å². The van der Waals surface area contributed by atoms with E-state index in [0.29, 0.717) is 6.42 Å². The molecule has 0 fully saturated rings. The fraction of sp³-hybridized carbons (Fsp3) is 0.188. The number of nitrogen functional groups attached to an aromatic ring is 1. The van der Waals surface area contributed by atoms with E-state index in [1.807, 2.05) is 0 Å². The molecule has 1 aliphatic carbocycles. The zero-order valence-electron chi connectivity index (χ0n) is 10.1.